The SMILES string of the molecule is [2H]C([2H])([2H])C(=CC(=O)ON1C(=O)c2ccccc2C1=O)C([2H])([2H])[2H]. The first-order valence-corrected chi connectivity index (χ1v) is 4.85. The van der Waals surface area contributed by atoms with Crippen LogP contribution in [-0.4, -0.2) is 22.8 Å². The quantitative estimate of drug-likeness (QED) is 0.593. The van der Waals surface area contributed by atoms with Crippen molar-refractivity contribution in [1.29, 1.82) is 0 Å². The monoisotopic (exact) mass is 251 g/mol. The fourth-order valence-corrected chi connectivity index (χ4v) is 1.48. The molecule has 2 amide bonds. The largest absolute Gasteiger partial charge is 0.356 e. The Morgan fingerprint density at radius 2 is 1.78 bits per heavy atom. The lowest BCUT2D eigenvalue weighted by molar-refractivity contribution is -0.162. The van der Waals surface area contributed by atoms with E-state index in [1.165, 1.54) is 24.3 Å². The third kappa shape index (κ3) is 2.02. The summed E-state index contributed by atoms with van der Waals surface area (Å²) in [5, 5.41) is 0.167. The average molecular weight is 251 g/mol. The molecule has 1 aromatic rings. The van der Waals surface area contributed by atoms with Gasteiger partial charge in [0.05, 0.1) is 11.1 Å². The van der Waals surface area contributed by atoms with E-state index in [1.54, 1.807) is 0 Å². The molecule has 0 bridgehead atoms. The zero-order chi connectivity index (χ0) is 18.3. The maximum atomic E-state index is 12.0. The predicted molar refractivity (Wildman–Crippen MR) is 62.5 cm³/mol. The van der Waals surface area contributed by atoms with Crippen LogP contribution in [0.5, 0.6) is 0 Å². The molecule has 0 aliphatic carbocycles. The minimum absolute atomic E-state index is 0.0196. The van der Waals surface area contributed by atoms with Crippen LogP contribution >= 0.6 is 0 Å². The zero-order valence-electron chi connectivity index (χ0n) is 15.0. The van der Waals surface area contributed by atoms with E-state index < -0.39 is 37.1 Å². The molecule has 1 heterocycles. The number of hydroxylamine groups is 2. The van der Waals surface area contributed by atoms with Crippen molar-refractivity contribution in [2.24, 2.45) is 0 Å². The van der Waals surface area contributed by atoms with Crippen LogP contribution in [0.15, 0.2) is 35.9 Å². The summed E-state index contributed by atoms with van der Waals surface area (Å²) in [5.74, 6) is -3.25. The molecular weight excluding hydrogens is 234 g/mol. The molecule has 2 rings (SSSR count). The highest BCUT2D eigenvalue weighted by atomic mass is 16.7. The molecule has 1 aliphatic heterocycles. The van der Waals surface area contributed by atoms with Crippen molar-refractivity contribution in [2.45, 2.75) is 13.7 Å². The summed E-state index contributed by atoms with van der Waals surface area (Å²) in [6.45, 7) is -6.13. The van der Waals surface area contributed by atoms with E-state index in [4.69, 9.17) is 8.22 Å². The van der Waals surface area contributed by atoms with Gasteiger partial charge in [-0.1, -0.05) is 22.8 Å². The minimum atomic E-state index is -3.06. The summed E-state index contributed by atoms with van der Waals surface area (Å²) >= 11 is 0. The summed E-state index contributed by atoms with van der Waals surface area (Å²) in [7, 11) is 0. The van der Waals surface area contributed by atoms with Gasteiger partial charge in [0.2, 0.25) is 0 Å². The molecule has 0 atom stereocenters. The van der Waals surface area contributed by atoms with Gasteiger partial charge in [0.15, 0.2) is 0 Å². The van der Waals surface area contributed by atoms with E-state index in [1.807, 2.05) is 0 Å². The van der Waals surface area contributed by atoms with Gasteiger partial charge in [-0.2, -0.15) is 0 Å². The van der Waals surface area contributed by atoms with Crippen molar-refractivity contribution in [3.63, 3.8) is 0 Å². The fraction of sp³-hybridized carbons (Fsp3) is 0.154. The molecule has 0 N–H and O–H groups in total. The molecule has 0 saturated heterocycles. The van der Waals surface area contributed by atoms with Gasteiger partial charge in [-0.15, -0.1) is 0 Å². The van der Waals surface area contributed by atoms with Crippen LogP contribution in [0.3, 0.4) is 0 Å². The van der Waals surface area contributed by atoms with Crippen molar-refractivity contribution in [1.82, 2.24) is 5.06 Å². The third-order valence-electron chi connectivity index (χ3n) is 2.20. The van der Waals surface area contributed by atoms with Crippen LogP contribution in [-0.2, 0) is 9.63 Å². The molecule has 0 spiro atoms. The van der Waals surface area contributed by atoms with Gasteiger partial charge in [0, 0.05) is 14.3 Å². The van der Waals surface area contributed by atoms with Crippen molar-refractivity contribution in [2.75, 3.05) is 0 Å². The summed E-state index contributed by atoms with van der Waals surface area (Å²) in [5.41, 5.74) is -1.09. The second kappa shape index (κ2) is 4.44. The predicted octanol–water partition coefficient (Wildman–Crippen LogP) is 1.71. The molecule has 92 valence electrons. The van der Waals surface area contributed by atoms with E-state index in [0.29, 0.717) is 0 Å². The first-order valence-electron chi connectivity index (χ1n) is 7.85. The number of amides is 2. The highest BCUT2D eigenvalue weighted by Crippen LogP contribution is 2.22. The van der Waals surface area contributed by atoms with Crippen molar-refractivity contribution < 1.29 is 27.4 Å². The average Bonchev–Trinajstić information content (AvgIpc) is 2.68. The van der Waals surface area contributed by atoms with Crippen LogP contribution < -0.4 is 0 Å². The van der Waals surface area contributed by atoms with E-state index >= 15 is 0 Å². The number of benzene rings is 1. The number of carbonyl (C=O) groups is 3. The zero-order valence-corrected chi connectivity index (χ0v) is 8.97. The van der Waals surface area contributed by atoms with E-state index in [9.17, 15) is 14.4 Å². The molecule has 0 radical (unpaired) electrons. The smallest absolute Gasteiger partial charge is 0.325 e. The molecule has 0 fully saturated rings. The second-order valence-corrected chi connectivity index (χ2v) is 3.42. The van der Waals surface area contributed by atoms with E-state index in [-0.39, 0.29) is 22.3 Å². The Hall–Kier alpha value is -2.43. The molecule has 0 saturated carbocycles. The molecule has 1 aliphatic rings. The summed E-state index contributed by atoms with van der Waals surface area (Å²) < 4.78 is 42.9. The fourth-order valence-electron chi connectivity index (χ4n) is 1.48. The Morgan fingerprint density at radius 1 is 1.22 bits per heavy atom. The summed E-state index contributed by atoms with van der Waals surface area (Å²) in [6.07, 6.45) is 0.254. The van der Waals surface area contributed by atoms with Gasteiger partial charge in [-0.3, -0.25) is 9.59 Å². The normalized spacial score (nSPS) is 19.7. The Labute approximate surface area is 112 Å². The second-order valence-electron chi connectivity index (χ2n) is 3.42. The van der Waals surface area contributed by atoms with Crippen LogP contribution in [0.25, 0.3) is 0 Å². The van der Waals surface area contributed by atoms with Crippen LogP contribution in [0.1, 0.15) is 42.6 Å². The molecular formula is C13H11NO4. The number of carbonyl (C=O) groups excluding carboxylic acids is 3. The Kier molecular flexibility index (Phi) is 1.60. The number of nitrogens with zero attached hydrogens (tertiary/aromatic N) is 1. The topological polar surface area (TPSA) is 63.7 Å². The van der Waals surface area contributed by atoms with Crippen LogP contribution in [0, 0.1) is 0 Å². The van der Waals surface area contributed by atoms with Gasteiger partial charge in [0.1, 0.15) is 0 Å². The van der Waals surface area contributed by atoms with Gasteiger partial charge < -0.3 is 4.84 Å². The van der Waals surface area contributed by atoms with Gasteiger partial charge in [-0.25, -0.2) is 4.79 Å². The van der Waals surface area contributed by atoms with E-state index in [0.717, 1.165) is 0 Å². The van der Waals surface area contributed by atoms with Crippen molar-refractivity contribution in [3.05, 3.63) is 47.0 Å². The first-order chi connectivity index (χ1) is 10.9. The summed E-state index contributed by atoms with van der Waals surface area (Å²) in [4.78, 5) is 40.4. The lowest BCUT2D eigenvalue weighted by Gasteiger charge is -2.10. The number of hydrogen-bond acceptors (Lipinski definition) is 4. The maximum Gasteiger partial charge on any atom is 0.356 e. The van der Waals surface area contributed by atoms with Crippen molar-refractivity contribution >= 4 is 17.8 Å². The lowest BCUT2D eigenvalue weighted by Crippen LogP contribution is -2.32. The van der Waals surface area contributed by atoms with Crippen LogP contribution in [0.4, 0.5) is 0 Å². The minimum Gasteiger partial charge on any atom is -0.325 e. The molecule has 0 unspecified atom stereocenters. The van der Waals surface area contributed by atoms with Crippen molar-refractivity contribution in [3.8, 4) is 0 Å². The number of rotatable bonds is 2. The van der Waals surface area contributed by atoms with Gasteiger partial charge in [0.25, 0.3) is 11.8 Å². The first kappa shape index (κ1) is 6.49. The lowest BCUT2D eigenvalue weighted by atomic mass is 10.1. The summed E-state index contributed by atoms with van der Waals surface area (Å²) in [6, 6.07) is 5.73. The Morgan fingerprint density at radius 3 is 2.28 bits per heavy atom. The standard InChI is InChI=1S/C13H11NO4/c1-8(2)7-11(15)18-14-12(16)9-5-3-4-6-10(9)13(14)17/h3-7H,1-2H3/i1D3,2D3. The number of fused-ring (bicyclic) bond motifs is 1. The Bertz CT molecular complexity index is 699. The van der Waals surface area contributed by atoms with E-state index in [2.05, 4.69) is 4.84 Å². The number of hydrogen-bond donors (Lipinski definition) is 0. The molecule has 5 heteroatoms. The highest BCUT2D eigenvalue weighted by molar-refractivity contribution is 6.21. The molecule has 1 aromatic carbocycles. The van der Waals surface area contributed by atoms with Crippen LogP contribution in [0.2, 0.25) is 0 Å². The number of imide groups is 1. The number of allylic oxidation sites excluding steroid dienone is 1. The van der Waals surface area contributed by atoms with Gasteiger partial charge in [-0.05, 0) is 25.8 Å². The highest BCUT2D eigenvalue weighted by Gasteiger charge is 2.38. The Balaban J connectivity index is 2.26. The maximum absolute atomic E-state index is 12.0. The molecule has 5 nitrogen and oxygen atoms in total. The molecule has 0 aromatic heterocycles. The molecule has 18 heavy (non-hydrogen) atoms. The van der Waals surface area contributed by atoms with Gasteiger partial charge >= 0.3 is 5.97 Å². The third-order valence-corrected chi connectivity index (χ3v) is 2.20.